The van der Waals surface area contributed by atoms with E-state index < -0.39 is 0 Å². The number of benzene rings is 1. The van der Waals surface area contributed by atoms with Gasteiger partial charge in [0.2, 0.25) is 0 Å². The van der Waals surface area contributed by atoms with Crippen molar-refractivity contribution >= 4 is 11.5 Å². The van der Waals surface area contributed by atoms with E-state index in [-0.39, 0.29) is 22.7 Å². The van der Waals surface area contributed by atoms with Crippen LogP contribution in [0.4, 0.5) is 11.5 Å². The molecule has 0 saturated heterocycles. The molecule has 4 N–H and O–H groups in total. The van der Waals surface area contributed by atoms with E-state index >= 15 is 0 Å². The average Bonchev–Trinajstić information content (AvgIpc) is 3.07. The van der Waals surface area contributed by atoms with Crippen molar-refractivity contribution in [3.8, 4) is 16.8 Å². The van der Waals surface area contributed by atoms with Crippen LogP contribution in [0.5, 0.6) is 0 Å². The summed E-state index contributed by atoms with van der Waals surface area (Å²) in [5, 5.41) is 4.74. The zero-order chi connectivity index (χ0) is 23.9. The Kier molecular flexibility index (Phi) is 6.12. The van der Waals surface area contributed by atoms with Gasteiger partial charge in [0.05, 0.1) is 11.4 Å². The van der Waals surface area contributed by atoms with Crippen LogP contribution in [0.3, 0.4) is 0 Å². The third kappa shape index (κ3) is 4.07. The van der Waals surface area contributed by atoms with Crippen molar-refractivity contribution in [1.82, 2.24) is 14.3 Å². The summed E-state index contributed by atoms with van der Waals surface area (Å²) in [5.74, 6) is 1.50. The summed E-state index contributed by atoms with van der Waals surface area (Å²) in [6, 6.07) is 12.0. The molecule has 1 saturated carbocycles. The molecule has 0 amide bonds. The molecule has 1 fully saturated rings. The van der Waals surface area contributed by atoms with Gasteiger partial charge in [0.15, 0.2) is 0 Å². The molecule has 0 aliphatic heterocycles. The second kappa shape index (κ2) is 8.73. The number of hydrogen-bond acceptors (Lipinski definition) is 4. The van der Waals surface area contributed by atoms with Crippen molar-refractivity contribution < 1.29 is 0 Å². The predicted molar refractivity (Wildman–Crippen MR) is 136 cm³/mol. The molecular weight excluding hydrogens is 410 g/mol. The summed E-state index contributed by atoms with van der Waals surface area (Å²) in [5.41, 5.74) is 16.6. The van der Waals surface area contributed by atoms with E-state index in [1.165, 1.54) is 0 Å². The highest BCUT2D eigenvalue weighted by atomic mass is 16.1. The molecular formula is C27H37N5O. The molecule has 1 aliphatic carbocycles. The molecule has 3 atom stereocenters. The summed E-state index contributed by atoms with van der Waals surface area (Å²) in [6.45, 7) is 11.3. The first-order valence-electron chi connectivity index (χ1n) is 12.1. The van der Waals surface area contributed by atoms with Crippen molar-refractivity contribution in [2.75, 3.05) is 11.5 Å². The van der Waals surface area contributed by atoms with Gasteiger partial charge in [0, 0.05) is 17.8 Å². The minimum atomic E-state index is -0.161. The summed E-state index contributed by atoms with van der Waals surface area (Å²) in [6.07, 6.45) is 5.77. The van der Waals surface area contributed by atoms with Gasteiger partial charge < -0.3 is 16.0 Å². The van der Waals surface area contributed by atoms with Gasteiger partial charge in [0.1, 0.15) is 11.5 Å². The SMILES string of the molecule is CCc1nn(-c2ccn(C3CCC(C)C(C)(C)CC3C)c(=O)c2N)c(N)c1-c1ccccc1. The average molecular weight is 448 g/mol. The molecule has 4 rings (SSSR count). The first kappa shape index (κ1) is 23.1. The third-order valence-corrected chi connectivity index (χ3v) is 7.84. The van der Waals surface area contributed by atoms with Crippen LogP contribution in [0.15, 0.2) is 47.4 Å². The topological polar surface area (TPSA) is 91.9 Å². The Balaban J connectivity index is 1.76. The van der Waals surface area contributed by atoms with Crippen LogP contribution >= 0.6 is 0 Å². The maximum atomic E-state index is 13.5. The summed E-state index contributed by atoms with van der Waals surface area (Å²) in [7, 11) is 0. The quantitative estimate of drug-likeness (QED) is 0.520. The van der Waals surface area contributed by atoms with Crippen LogP contribution in [-0.2, 0) is 6.42 Å². The third-order valence-electron chi connectivity index (χ3n) is 7.84. The van der Waals surface area contributed by atoms with Gasteiger partial charge in [-0.2, -0.15) is 5.10 Å². The number of nitrogens with zero attached hydrogens (tertiary/aromatic N) is 3. The fraction of sp³-hybridized carbons (Fsp3) is 0.481. The maximum Gasteiger partial charge on any atom is 0.276 e. The second-order valence-corrected chi connectivity index (χ2v) is 10.4. The fourth-order valence-electron chi connectivity index (χ4n) is 5.51. The lowest BCUT2D eigenvalue weighted by molar-refractivity contribution is 0.187. The van der Waals surface area contributed by atoms with E-state index in [1.807, 2.05) is 47.2 Å². The number of rotatable bonds is 4. The lowest BCUT2D eigenvalue weighted by atomic mass is 9.74. The normalized spacial score (nSPS) is 22.8. The molecule has 1 aromatic carbocycles. The first-order chi connectivity index (χ1) is 15.7. The van der Waals surface area contributed by atoms with Gasteiger partial charge in [-0.05, 0) is 54.6 Å². The molecule has 176 valence electrons. The minimum absolute atomic E-state index is 0.138. The Morgan fingerprint density at radius 1 is 1.09 bits per heavy atom. The number of pyridine rings is 1. The molecule has 1 aliphatic rings. The first-order valence-corrected chi connectivity index (χ1v) is 12.1. The van der Waals surface area contributed by atoms with Gasteiger partial charge in [-0.3, -0.25) is 4.79 Å². The van der Waals surface area contributed by atoms with Crippen molar-refractivity contribution in [3.05, 3.63) is 58.6 Å². The lowest BCUT2D eigenvalue weighted by Crippen LogP contribution is -2.31. The zero-order valence-corrected chi connectivity index (χ0v) is 20.5. The Labute approximate surface area is 196 Å². The Morgan fingerprint density at radius 3 is 2.45 bits per heavy atom. The second-order valence-electron chi connectivity index (χ2n) is 10.4. The summed E-state index contributed by atoms with van der Waals surface area (Å²) < 4.78 is 3.47. The Bertz CT molecular complexity index is 1190. The highest BCUT2D eigenvalue weighted by Gasteiger charge is 2.36. The van der Waals surface area contributed by atoms with Gasteiger partial charge in [-0.1, -0.05) is 65.0 Å². The summed E-state index contributed by atoms with van der Waals surface area (Å²) in [4.78, 5) is 13.5. The van der Waals surface area contributed by atoms with Crippen molar-refractivity contribution in [3.63, 3.8) is 0 Å². The van der Waals surface area contributed by atoms with Crippen LogP contribution in [0.25, 0.3) is 16.8 Å². The van der Waals surface area contributed by atoms with E-state index in [1.54, 1.807) is 4.68 Å². The molecule has 0 radical (unpaired) electrons. The standard InChI is InChI=1S/C27H37N5O/c1-6-20-23(19-10-8-7-9-11-19)25(29)32(30-20)22-14-15-31(26(33)24(22)28)21-13-12-18(3)27(4,5)16-17(21)2/h7-11,14-15,17-18,21H,6,12-13,16,28-29H2,1-5H3. The van der Waals surface area contributed by atoms with Crippen LogP contribution < -0.4 is 17.0 Å². The molecule has 33 heavy (non-hydrogen) atoms. The number of nitrogens with two attached hydrogens (primary N) is 2. The maximum absolute atomic E-state index is 13.5. The fourth-order valence-corrected chi connectivity index (χ4v) is 5.51. The zero-order valence-electron chi connectivity index (χ0n) is 20.5. The number of anilines is 2. The van der Waals surface area contributed by atoms with Gasteiger partial charge >= 0.3 is 0 Å². The monoisotopic (exact) mass is 447 g/mol. The molecule has 0 bridgehead atoms. The Hall–Kier alpha value is -3.02. The molecule has 6 nitrogen and oxygen atoms in total. The van der Waals surface area contributed by atoms with E-state index in [0.717, 1.165) is 42.5 Å². The number of aromatic nitrogens is 3. The van der Waals surface area contributed by atoms with Gasteiger partial charge in [-0.15, -0.1) is 0 Å². The number of hydrogen-bond donors (Lipinski definition) is 2. The van der Waals surface area contributed by atoms with Gasteiger partial charge in [0.25, 0.3) is 5.56 Å². The highest BCUT2D eigenvalue weighted by Crippen LogP contribution is 2.45. The van der Waals surface area contributed by atoms with Crippen molar-refractivity contribution in [1.29, 1.82) is 0 Å². The molecule has 6 heteroatoms. The van der Waals surface area contributed by atoms with Gasteiger partial charge in [-0.25, -0.2) is 4.68 Å². The van der Waals surface area contributed by atoms with E-state index in [2.05, 4.69) is 34.6 Å². The van der Waals surface area contributed by atoms with E-state index in [4.69, 9.17) is 16.6 Å². The molecule has 2 aromatic heterocycles. The lowest BCUT2D eigenvalue weighted by Gasteiger charge is -2.32. The smallest absolute Gasteiger partial charge is 0.276 e. The number of aryl methyl sites for hydroxylation is 1. The predicted octanol–water partition coefficient (Wildman–Crippen LogP) is 5.45. The molecule has 3 unspecified atom stereocenters. The van der Waals surface area contributed by atoms with Crippen LogP contribution in [-0.4, -0.2) is 14.3 Å². The van der Waals surface area contributed by atoms with E-state index in [0.29, 0.717) is 23.3 Å². The van der Waals surface area contributed by atoms with Crippen LogP contribution in [0.1, 0.15) is 65.6 Å². The van der Waals surface area contributed by atoms with E-state index in [9.17, 15) is 4.79 Å². The highest BCUT2D eigenvalue weighted by molar-refractivity contribution is 5.78. The van der Waals surface area contributed by atoms with Crippen LogP contribution in [0.2, 0.25) is 0 Å². The summed E-state index contributed by atoms with van der Waals surface area (Å²) >= 11 is 0. The molecule has 3 aromatic rings. The minimum Gasteiger partial charge on any atom is -0.392 e. The number of nitrogen functional groups attached to an aromatic ring is 2. The molecule has 2 heterocycles. The van der Waals surface area contributed by atoms with Crippen molar-refractivity contribution in [2.45, 2.75) is 66.3 Å². The largest absolute Gasteiger partial charge is 0.392 e. The van der Waals surface area contributed by atoms with Crippen LogP contribution in [0, 0.1) is 17.3 Å². The molecule has 0 spiro atoms. The van der Waals surface area contributed by atoms with Crippen molar-refractivity contribution in [2.24, 2.45) is 17.3 Å². The Morgan fingerprint density at radius 2 is 1.79 bits per heavy atom.